The molecule has 0 spiro atoms. The van der Waals surface area contributed by atoms with Crippen molar-refractivity contribution in [1.82, 2.24) is 10.6 Å². The van der Waals surface area contributed by atoms with E-state index in [2.05, 4.69) is 10.1 Å². The van der Waals surface area contributed by atoms with Crippen LogP contribution >= 0.6 is 0 Å². The first kappa shape index (κ1) is 23.5. The standard InChI is InChI=1S/C21H19F5N2O4/c22-20(23,21(24,25)26)11-31-12-28-18(29)9-27-19(30)32-10-17-15-7-3-1-5-13(15)14-6-2-4-8-16(14)17/h1-8,17H,9-12H2,(H,27,30)(H,28,29). The number of nitrogens with one attached hydrogen (secondary N) is 2. The summed E-state index contributed by atoms with van der Waals surface area (Å²) in [4.78, 5) is 23.5. The van der Waals surface area contributed by atoms with Gasteiger partial charge in [0.15, 0.2) is 0 Å². The van der Waals surface area contributed by atoms with Gasteiger partial charge in [0.1, 0.15) is 26.5 Å². The molecule has 0 fully saturated rings. The fraction of sp³-hybridized carbons (Fsp3) is 0.333. The van der Waals surface area contributed by atoms with E-state index in [1.807, 2.05) is 53.8 Å². The highest BCUT2D eigenvalue weighted by molar-refractivity contribution is 5.82. The van der Waals surface area contributed by atoms with Crippen LogP contribution < -0.4 is 10.6 Å². The lowest BCUT2D eigenvalue weighted by atomic mass is 9.98. The molecule has 11 heteroatoms. The third-order valence-corrected chi connectivity index (χ3v) is 4.81. The van der Waals surface area contributed by atoms with Gasteiger partial charge >= 0.3 is 18.2 Å². The van der Waals surface area contributed by atoms with Crippen molar-refractivity contribution in [3.05, 3.63) is 59.7 Å². The molecule has 3 rings (SSSR count). The highest BCUT2D eigenvalue weighted by Gasteiger charge is 2.57. The van der Waals surface area contributed by atoms with Crippen LogP contribution in [0.1, 0.15) is 17.0 Å². The fourth-order valence-corrected chi connectivity index (χ4v) is 3.26. The van der Waals surface area contributed by atoms with Crippen LogP contribution in [0.2, 0.25) is 0 Å². The molecule has 0 atom stereocenters. The summed E-state index contributed by atoms with van der Waals surface area (Å²) in [5, 5.41) is 4.13. The molecule has 2 N–H and O–H groups in total. The van der Waals surface area contributed by atoms with Crippen molar-refractivity contribution in [1.29, 1.82) is 0 Å². The molecule has 1 aliphatic rings. The molecule has 0 unspecified atom stereocenters. The average molecular weight is 458 g/mol. The molecule has 0 saturated carbocycles. The summed E-state index contributed by atoms with van der Waals surface area (Å²) >= 11 is 0. The van der Waals surface area contributed by atoms with Gasteiger partial charge in [-0.15, -0.1) is 0 Å². The molecule has 32 heavy (non-hydrogen) atoms. The Labute approximate surface area is 179 Å². The first-order valence-corrected chi connectivity index (χ1v) is 9.48. The number of rotatable bonds is 8. The minimum absolute atomic E-state index is 0.0249. The number of carbonyl (C=O) groups excluding carboxylic acids is 2. The maximum Gasteiger partial charge on any atom is 0.455 e. The fourth-order valence-electron chi connectivity index (χ4n) is 3.26. The Morgan fingerprint density at radius 2 is 1.44 bits per heavy atom. The van der Waals surface area contributed by atoms with Gasteiger partial charge in [0, 0.05) is 5.92 Å². The highest BCUT2D eigenvalue weighted by atomic mass is 19.4. The van der Waals surface area contributed by atoms with Crippen molar-refractivity contribution in [2.24, 2.45) is 0 Å². The number of hydrogen-bond acceptors (Lipinski definition) is 4. The molecule has 0 saturated heterocycles. The van der Waals surface area contributed by atoms with Gasteiger partial charge in [-0.25, -0.2) is 4.79 Å². The van der Waals surface area contributed by atoms with Crippen LogP contribution in [-0.2, 0) is 14.3 Å². The van der Waals surface area contributed by atoms with Crippen LogP contribution in [0, 0.1) is 0 Å². The topological polar surface area (TPSA) is 76.7 Å². The molecule has 2 aromatic rings. The van der Waals surface area contributed by atoms with Crippen LogP contribution in [0.5, 0.6) is 0 Å². The highest BCUT2D eigenvalue weighted by Crippen LogP contribution is 2.44. The summed E-state index contributed by atoms with van der Waals surface area (Å²) in [5.74, 6) is -6.06. The second-order valence-electron chi connectivity index (χ2n) is 6.97. The van der Waals surface area contributed by atoms with E-state index in [9.17, 15) is 31.5 Å². The second-order valence-corrected chi connectivity index (χ2v) is 6.97. The first-order chi connectivity index (χ1) is 15.1. The average Bonchev–Trinajstić information content (AvgIpc) is 3.07. The van der Waals surface area contributed by atoms with Crippen molar-refractivity contribution in [3.8, 4) is 11.1 Å². The third-order valence-electron chi connectivity index (χ3n) is 4.81. The van der Waals surface area contributed by atoms with Gasteiger partial charge in [-0.3, -0.25) is 4.79 Å². The summed E-state index contributed by atoms with van der Waals surface area (Å²) in [5.41, 5.74) is 4.11. The van der Waals surface area contributed by atoms with E-state index in [0.29, 0.717) is 0 Å². The Morgan fingerprint density at radius 3 is 2.00 bits per heavy atom. The van der Waals surface area contributed by atoms with E-state index in [-0.39, 0.29) is 12.5 Å². The van der Waals surface area contributed by atoms with Gasteiger partial charge < -0.3 is 20.1 Å². The van der Waals surface area contributed by atoms with Crippen molar-refractivity contribution in [2.75, 3.05) is 26.5 Å². The number of fused-ring (bicyclic) bond motifs is 3. The van der Waals surface area contributed by atoms with Gasteiger partial charge in [0.05, 0.1) is 0 Å². The van der Waals surface area contributed by atoms with Crippen LogP contribution in [-0.4, -0.2) is 50.6 Å². The Morgan fingerprint density at radius 1 is 0.875 bits per heavy atom. The molecule has 0 aromatic heterocycles. The molecule has 2 amide bonds. The van der Waals surface area contributed by atoms with E-state index in [4.69, 9.17) is 4.74 Å². The normalized spacial score (nSPS) is 13.3. The number of alkyl halides is 5. The molecule has 0 radical (unpaired) electrons. The van der Waals surface area contributed by atoms with Crippen molar-refractivity contribution < 1.29 is 41.0 Å². The van der Waals surface area contributed by atoms with Gasteiger partial charge in [-0.05, 0) is 22.3 Å². The molecule has 2 aromatic carbocycles. The van der Waals surface area contributed by atoms with E-state index in [1.54, 1.807) is 0 Å². The van der Waals surface area contributed by atoms with E-state index >= 15 is 0 Å². The zero-order valence-electron chi connectivity index (χ0n) is 16.5. The predicted molar refractivity (Wildman–Crippen MR) is 103 cm³/mol. The Kier molecular flexibility index (Phi) is 6.97. The molecule has 172 valence electrons. The first-order valence-electron chi connectivity index (χ1n) is 9.48. The lowest BCUT2D eigenvalue weighted by molar-refractivity contribution is -0.297. The van der Waals surface area contributed by atoms with Crippen molar-refractivity contribution in [3.63, 3.8) is 0 Å². The summed E-state index contributed by atoms with van der Waals surface area (Å²) in [7, 11) is 0. The van der Waals surface area contributed by atoms with Crippen LogP contribution in [0.25, 0.3) is 11.1 Å². The molecular weight excluding hydrogens is 439 g/mol. The maximum absolute atomic E-state index is 12.7. The smallest absolute Gasteiger partial charge is 0.449 e. The summed E-state index contributed by atoms with van der Waals surface area (Å²) in [6.07, 6.45) is -6.63. The molecule has 6 nitrogen and oxygen atoms in total. The molecular formula is C21H19F5N2O4. The summed E-state index contributed by atoms with van der Waals surface area (Å²) in [6, 6.07) is 15.4. The quantitative estimate of drug-likeness (QED) is 0.358. The Hall–Kier alpha value is -3.21. The minimum atomic E-state index is -5.75. The van der Waals surface area contributed by atoms with E-state index < -0.39 is 44.0 Å². The zero-order chi connectivity index (χ0) is 23.4. The Balaban J connectivity index is 1.41. The second kappa shape index (κ2) is 9.51. The SMILES string of the molecule is O=C(CNC(=O)OCC1c2ccccc2-c2ccccc21)NCOCC(F)(F)C(F)(F)F. The number of halogens is 5. The number of alkyl carbamates (subject to hydrolysis) is 1. The molecule has 0 heterocycles. The lowest BCUT2D eigenvalue weighted by Crippen LogP contribution is -2.43. The zero-order valence-corrected chi connectivity index (χ0v) is 16.5. The summed E-state index contributed by atoms with van der Waals surface area (Å²) < 4.78 is 70.7. The molecule has 0 aliphatic heterocycles. The number of ether oxygens (including phenoxy) is 2. The summed E-state index contributed by atoms with van der Waals surface area (Å²) in [6.45, 7) is -3.36. The van der Waals surface area contributed by atoms with E-state index in [0.717, 1.165) is 22.3 Å². The van der Waals surface area contributed by atoms with Crippen molar-refractivity contribution in [2.45, 2.75) is 18.0 Å². The lowest BCUT2D eigenvalue weighted by Gasteiger charge is -2.19. The Bertz CT molecular complexity index is 935. The number of benzene rings is 2. The van der Waals surface area contributed by atoms with Gasteiger partial charge in [0.25, 0.3) is 0 Å². The van der Waals surface area contributed by atoms with Crippen LogP contribution in [0.15, 0.2) is 48.5 Å². The number of hydrogen-bond donors (Lipinski definition) is 2. The van der Waals surface area contributed by atoms with E-state index in [1.165, 1.54) is 0 Å². The minimum Gasteiger partial charge on any atom is -0.449 e. The van der Waals surface area contributed by atoms with Gasteiger partial charge in [-0.1, -0.05) is 48.5 Å². The third kappa shape index (κ3) is 5.34. The van der Waals surface area contributed by atoms with Gasteiger partial charge in [-0.2, -0.15) is 22.0 Å². The molecule has 0 bridgehead atoms. The van der Waals surface area contributed by atoms with Gasteiger partial charge in [0.2, 0.25) is 5.91 Å². The number of carbonyl (C=O) groups is 2. The molecule has 1 aliphatic carbocycles. The van der Waals surface area contributed by atoms with Crippen LogP contribution in [0.3, 0.4) is 0 Å². The van der Waals surface area contributed by atoms with Crippen molar-refractivity contribution >= 4 is 12.0 Å². The largest absolute Gasteiger partial charge is 0.455 e. The van der Waals surface area contributed by atoms with Crippen LogP contribution in [0.4, 0.5) is 26.7 Å². The number of amides is 2. The maximum atomic E-state index is 12.7. The predicted octanol–water partition coefficient (Wildman–Crippen LogP) is 3.81. The monoisotopic (exact) mass is 458 g/mol.